The summed E-state index contributed by atoms with van der Waals surface area (Å²) in [6.45, 7) is 21.3. The number of hydrogen-bond donors (Lipinski definition) is 0. The maximum atomic E-state index is 6.32. The highest BCUT2D eigenvalue weighted by atomic mass is 28.4. The van der Waals surface area contributed by atoms with Gasteiger partial charge in [-0.1, -0.05) is 84.1 Å². The van der Waals surface area contributed by atoms with Gasteiger partial charge in [0, 0.05) is 71.4 Å². The first-order valence-electron chi connectivity index (χ1n) is 21.0. The molecule has 0 atom stereocenters. The molecule has 0 unspecified atom stereocenters. The first kappa shape index (κ1) is 47.6. The Labute approximate surface area is 382 Å². The van der Waals surface area contributed by atoms with Crippen LogP contribution in [0.25, 0.3) is 22.8 Å². The summed E-state index contributed by atoms with van der Waals surface area (Å²) in [5.74, 6) is 18.0. The zero-order chi connectivity index (χ0) is 45.6. The summed E-state index contributed by atoms with van der Waals surface area (Å²) in [6.07, 6.45) is 25.2. The van der Waals surface area contributed by atoms with Crippen molar-refractivity contribution in [2.75, 3.05) is 13.2 Å². The maximum absolute atomic E-state index is 6.32. The third kappa shape index (κ3) is 12.8. The number of aromatic nitrogens is 4. The topological polar surface area (TPSA) is 70.0 Å². The molecule has 0 bridgehead atoms. The number of benzene rings is 2. The fourth-order valence-electron chi connectivity index (χ4n) is 7.03. The Balaban J connectivity index is 0.000000401. The Morgan fingerprint density at radius 2 is 0.688 bits per heavy atom. The molecule has 0 aliphatic rings. The van der Waals surface area contributed by atoms with Crippen LogP contribution in [0.4, 0.5) is 0 Å². The molecule has 0 fully saturated rings. The van der Waals surface area contributed by atoms with Crippen molar-refractivity contribution in [1.29, 1.82) is 0 Å². The number of rotatable bonds is 16. The molecule has 4 heterocycles. The molecule has 2 aromatic carbocycles. The van der Waals surface area contributed by atoms with Gasteiger partial charge in [-0.15, -0.1) is 39.2 Å². The zero-order valence-corrected chi connectivity index (χ0v) is 38.7. The van der Waals surface area contributed by atoms with Crippen molar-refractivity contribution in [3.63, 3.8) is 0 Å². The van der Waals surface area contributed by atoms with Gasteiger partial charge in [0.1, 0.15) is 0 Å². The van der Waals surface area contributed by atoms with Gasteiger partial charge in [0.05, 0.1) is 22.8 Å². The molecule has 0 saturated heterocycles. The molecule has 0 aliphatic carbocycles. The van der Waals surface area contributed by atoms with Gasteiger partial charge < -0.3 is 8.85 Å². The van der Waals surface area contributed by atoms with Gasteiger partial charge in [-0.3, -0.25) is 19.9 Å². The van der Waals surface area contributed by atoms with Crippen molar-refractivity contribution in [1.82, 2.24) is 19.9 Å². The van der Waals surface area contributed by atoms with Gasteiger partial charge in [0.2, 0.25) is 16.6 Å². The summed E-state index contributed by atoms with van der Waals surface area (Å²) in [5, 5.41) is 2.46. The van der Waals surface area contributed by atoms with E-state index in [1.165, 1.54) is 10.4 Å². The van der Waals surface area contributed by atoms with E-state index >= 15 is 0 Å². The van der Waals surface area contributed by atoms with Crippen LogP contribution in [-0.2, 0) is 8.85 Å². The molecule has 64 heavy (non-hydrogen) atoms. The van der Waals surface area contributed by atoms with Gasteiger partial charge in [-0.2, -0.15) is 0 Å². The third-order valence-corrected chi connectivity index (χ3v) is 18.4. The lowest BCUT2D eigenvalue weighted by Gasteiger charge is -2.29. The highest BCUT2D eigenvalue weighted by Crippen LogP contribution is 2.22. The lowest BCUT2D eigenvalue weighted by Crippen LogP contribution is -2.50. The second-order valence-corrected chi connectivity index (χ2v) is 21.8. The molecule has 0 N–H and O–H groups in total. The number of allylic oxidation sites excluding steroid dienone is 4. The van der Waals surface area contributed by atoms with Crippen LogP contribution in [0.3, 0.4) is 0 Å². The molecule has 6 nitrogen and oxygen atoms in total. The van der Waals surface area contributed by atoms with Crippen molar-refractivity contribution < 1.29 is 8.85 Å². The largest absolute Gasteiger partial charge is 0.412 e. The molecule has 0 amide bonds. The Hall–Kier alpha value is -7.41. The summed E-state index contributed by atoms with van der Waals surface area (Å²) >= 11 is 0. The predicted octanol–water partition coefficient (Wildman–Crippen LogP) is 10.2. The van der Waals surface area contributed by atoms with Crippen LogP contribution in [0, 0.1) is 48.4 Å². The normalized spacial score (nSPS) is 10.5. The van der Waals surface area contributed by atoms with Gasteiger partial charge in [-0.25, -0.2) is 0 Å². The third-order valence-electron chi connectivity index (χ3n) is 10.2. The second kappa shape index (κ2) is 24.3. The summed E-state index contributed by atoms with van der Waals surface area (Å²) < 4.78 is 12.6. The molecule has 4 aromatic heterocycles. The van der Waals surface area contributed by atoms with Crippen molar-refractivity contribution >= 4 is 27.0 Å². The molecule has 6 aromatic rings. The minimum Gasteiger partial charge on any atom is -0.412 e. The summed E-state index contributed by atoms with van der Waals surface area (Å²) in [6, 6.07) is 35.4. The van der Waals surface area contributed by atoms with Crippen LogP contribution in [0.5, 0.6) is 0 Å². The quantitative estimate of drug-likeness (QED) is 0.0548. The second-order valence-electron chi connectivity index (χ2n) is 14.5. The lowest BCUT2D eigenvalue weighted by molar-refractivity contribution is 0.333. The molecule has 0 aliphatic heterocycles. The first-order chi connectivity index (χ1) is 31.3. The van der Waals surface area contributed by atoms with E-state index in [-0.39, 0.29) is 0 Å². The Bertz CT molecular complexity index is 2500. The lowest BCUT2D eigenvalue weighted by atomic mass is 10.1. The predicted molar refractivity (Wildman–Crippen MR) is 270 cm³/mol. The minimum atomic E-state index is -2.17. The SMILES string of the molecule is C#Cc1ccc(-c2ccc(C#C)cn2)nc1.C=CC[Si](CC=C)(OCC)c1ccc(C#Cc2ccc(-c3ccc(C#Cc4ccc([Si](CC=C)(CC=C)OCC)cc4)cn3)nc2)cc1. The molecule has 0 radical (unpaired) electrons. The van der Waals surface area contributed by atoms with Crippen LogP contribution in [0.1, 0.15) is 47.2 Å². The van der Waals surface area contributed by atoms with E-state index in [1.54, 1.807) is 24.8 Å². The molecule has 6 rings (SSSR count). The van der Waals surface area contributed by atoms with E-state index in [0.29, 0.717) is 13.2 Å². The van der Waals surface area contributed by atoms with Crippen LogP contribution >= 0.6 is 0 Å². The van der Waals surface area contributed by atoms with E-state index < -0.39 is 16.6 Å². The Morgan fingerprint density at radius 1 is 0.422 bits per heavy atom. The van der Waals surface area contributed by atoms with E-state index in [1.807, 2.05) is 86.7 Å². The molecular formula is C56H52N4O2Si2. The minimum absolute atomic E-state index is 0.674. The highest BCUT2D eigenvalue weighted by molar-refractivity contribution is 6.87. The average Bonchev–Trinajstić information content (AvgIpc) is 3.34. The maximum Gasteiger partial charge on any atom is 0.231 e. The van der Waals surface area contributed by atoms with E-state index in [0.717, 1.165) is 80.3 Å². The van der Waals surface area contributed by atoms with Crippen molar-refractivity contribution in [3.8, 4) is 71.1 Å². The van der Waals surface area contributed by atoms with Crippen molar-refractivity contribution in [3.05, 3.63) is 206 Å². The molecule has 8 heteroatoms. The fourth-order valence-corrected chi connectivity index (χ4v) is 13.6. The standard InChI is InChI=1S/C42H44N2O2Si2.C14H8N2/c1-7-29-47(30-8-2,45-11-5)39-23-17-35(18-24-39)13-15-37-21-27-41(43-33-37)42-28-22-38(34-44-42)16-14-36-19-25-40(26-20-36)48(31-9-3,32-10-4)46-12-6;1-3-11-5-7-13(15-9-11)14-8-6-12(4-2)10-16-14/h7-10,17-28,33-34H,1-4,11-12,29-32H2,5-6H3;1-2,5-10H. The summed E-state index contributed by atoms with van der Waals surface area (Å²) in [5.41, 5.74) is 8.18. The zero-order valence-electron chi connectivity index (χ0n) is 36.7. The summed E-state index contributed by atoms with van der Waals surface area (Å²) in [4.78, 5) is 17.7. The molecular weight excluding hydrogens is 817 g/mol. The average molecular weight is 869 g/mol. The molecule has 0 saturated carbocycles. The fraction of sp³-hybridized carbons (Fsp3) is 0.143. The van der Waals surface area contributed by atoms with E-state index in [4.69, 9.17) is 21.7 Å². The van der Waals surface area contributed by atoms with Crippen LogP contribution in [0.2, 0.25) is 24.2 Å². The van der Waals surface area contributed by atoms with Crippen LogP contribution < -0.4 is 10.4 Å². The summed E-state index contributed by atoms with van der Waals surface area (Å²) in [7, 11) is -4.35. The Kier molecular flexibility index (Phi) is 18.1. The monoisotopic (exact) mass is 868 g/mol. The first-order valence-corrected chi connectivity index (χ1v) is 25.7. The van der Waals surface area contributed by atoms with Crippen molar-refractivity contribution in [2.24, 2.45) is 0 Å². The smallest absolute Gasteiger partial charge is 0.231 e. The molecule has 0 spiro atoms. The van der Waals surface area contributed by atoms with Gasteiger partial charge in [0.15, 0.2) is 0 Å². The number of pyridine rings is 4. The van der Waals surface area contributed by atoms with Crippen LogP contribution in [0.15, 0.2) is 172 Å². The number of nitrogens with zero attached hydrogens (tertiary/aromatic N) is 4. The number of hydrogen-bond acceptors (Lipinski definition) is 6. The molecule has 316 valence electrons. The Morgan fingerprint density at radius 3 is 0.922 bits per heavy atom. The van der Waals surface area contributed by atoms with Crippen LogP contribution in [-0.4, -0.2) is 49.8 Å². The van der Waals surface area contributed by atoms with Gasteiger partial charge in [0.25, 0.3) is 0 Å². The number of terminal acetylenes is 2. The van der Waals surface area contributed by atoms with E-state index in [9.17, 15) is 0 Å². The van der Waals surface area contributed by atoms with E-state index in [2.05, 4.69) is 130 Å². The van der Waals surface area contributed by atoms with Crippen molar-refractivity contribution in [2.45, 2.75) is 38.0 Å². The van der Waals surface area contributed by atoms with Gasteiger partial charge >= 0.3 is 0 Å². The highest BCUT2D eigenvalue weighted by Gasteiger charge is 2.35. The van der Waals surface area contributed by atoms with Gasteiger partial charge in [-0.05, 0) is 121 Å².